The number of nitrogens with zero attached hydrogens (tertiary/aromatic N) is 2. The number of hydrogen-bond acceptors (Lipinski definition) is 4. The van der Waals surface area contributed by atoms with Crippen LogP contribution in [0, 0.1) is 13.8 Å². The summed E-state index contributed by atoms with van der Waals surface area (Å²) in [5.74, 6) is 1.45. The monoisotopic (exact) mass is 249 g/mol. The molecule has 2 N–H and O–H groups in total. The average Bonchev–Trinajstić information content (AvgIpc) is 2.29. The molecule has 0 atom stereocenters. The molecule has 1 aromatic carbocycles. The van der Waals surface area contributed by atoms with E-state index >= 15 is 0 Å². The van der Waals surface area contributed by atoms with Crippen LogP contribution >= 0.6 is 11.6 Å². The fourth-order valence-corrected chi connectivity index (χ4v) is 1.57. The maximum atomic E-state index is 6.07. The summed E-state index contributed by atoms with van der Waals surface area (Å²) in [7, 11) is 0. The van der Waals surface area contributed by atoms with Crippen molar-refractivity contribution in [3.05, 3.63) is 40.7 Å². The highest BCUT2D eigenvalue weighted by Gasteiger charge is 2.05. The molecule has 0 amide bonds. The predicted octanol–water partition coefficient (Wildman–Crippen LogP) is 3.12. The van der Waals surface area contributed by atoms with Crippen LogP contribution in [0.2, 0.25) is 5.02 Å². The first-order valence-corrected chi connectivity index (χ1v) is 5.46. The molecule has 0 saturated carbocycles. The van der Waals surface area contributed by atoms with Crippen LogP contribution in [0.15, 0.2) is 24.5 Å². The minimum Gasteiger partial charge on any atom is -0.437 e. The molecule has 1 heterocycles. The van der Waals surface area contributed by atoms with Gasteiger partial charge in [0.25, 0.3) is 0 Å². The highest BCUT2D eigenvalue weighted by Crippen LogP contribution is 2.28. The minimum absolute atomic E-state index is 0.362. The highest BCUT2D eigenvalue weighted by molar-refractivity contribution is 6.32. The third-order valence-electron chi connectivity index (χ3n) is 2.28. The smallest absolute Gasteiger partial charge is 0.237 e. The lowest BCUT2D eigenvalue weighted by molar-refractivity contribution is 0.460. The molecule has 1 aromatic heterocycles. The van der Waals surface area contributed by atoms with Crippen LogP contribution in [0.1, 0.15) is 11.1 Å². The topological polar surface area (TPSA) is 61.0 Å². The Morgan fingerprint density at radius 1 is 1.12 bits per heavy atom. The van der Waals surface area contributed by atoms with Gasteiger partial charge in [-0.05, 0) is 37.1 Å². The normalized spacial score (nSPS) is 10.3. The molecule has 0 aliphatic carbocycles. The van der Waals surface area contributed by atoms with Crippen LogP contribution in [0.3, 0.4) is 0 Å². The Morgan fingerprint density at radius 2 is 1.76 bits per heavy atom. The number of rotatable bonds is 2. The quantitative estimate of drug-likeness (QED) is 0.888. The Morgan fingerprint density at radius 3 is 2.29 bits per heavy atom. The molecular formula is C12H12ClN3O. The molecule has 2 aromatic rings. The average molecular weight is 250 g/mol. The maximum absolute atomic E-state index is 6.07. The molecule has 4 nitrogen and oxygen atoms in total. The van der Waals surface area contributed by atoms with E-state index in [0.717, 1.165) is 16.1 Å². The second kappa shape index (κ2) is 4.59. The number of ether oxygens (including phenoxy) is 1. The number of halogens is 1. The van der Waals surface area contributed by atoms with E-state index in [1.54, 1.807) is 0 Å². The zero-order chi connectivity index (χ0) is 12.4. The third-order valence-corrected chi connectivity index (χ3v) is 2.88. The van der Waals surface area contributed by atoms with E-state index in [0.29, 0.717) is 17.4 Å². The van der Waals surface area contributed by atoms with E-state index in [-0.39, 0.29) is 0 Å². The van der Waals surface area contributed by atoms with Crippen molar-refractivity contribution in [3.8, 4) is 11.6 Å². The van der Waals surface area contributed by atoms with Gasteiger partial charge < -0.3 is 10.5 Å². The lowest BCUT2D eigenvalue weighted by Crippen LogP contribution is -1.94. The van der Waals surface area contributed by atoms with E-state index < -0.39 is 0 Å². The molecule has 0 bridgehead atoms. The summed E-state index contributed by atoms with van der Waals surface area (Å²) in [6.45, 7) is 3.85. The van der Waals surface area contributed by atoms with Gasteiger partial charge in [0.2, 0.25) is 5.88 Å². The van der Waals surface area contributed by atoms with Crippen molar-refractivity contribution in [2.24, 2.45) is 0 Å². The summed E-state index contributed by atoms with van der Waals surface area (Å²) in [4.78, 5) is 7.91. The van der Waals surface area contributed by atoms with Gasteiger partial charge in [-0.15, -0.1) is 0 Å². The largest absolute Gasteiger partial charge is 0.437 e. The van der Waals surface area contributed by atoms with Gasteiger partial charge in [-0.1, -0.05) is 11.6 Å². The third kappa shape index (κ3) is 2.65. The molecule has 17 heavy (non-hydrogen) atoms. The lowest BCUT2D eigenvalue weighted by Gasteiger charge is -2.08. The molecule has 0 saturated heterocycles. The van der Waals surface area contributed by atoms with Gasteiger partial charge in [-0.3, -0.25) is 0 Å². The van der Waals surface area contributed by atoms with Crippen LogP contribution in [-0.4, -0.2) is 9.97 Å². The van der Waals surface area contributed by atoms with Gasteiger partial charge in [-0.2, -0.15) is 0 Å². The maximum Gasteiger partial charge on any atom is 0.237 e. The molecule has 0 spiro atoms. The zero-order valence-electron chi connectivity index (χ0n) is 9.57. The van der Waals surface area contributed by atoms with E-state index in [4.69, 9.17) is 22.1 Å². The van der Waals surface area contributed by atoms with Gasteiger partial charge >= 0.3 is 0 Å². The lowest BCUT2D eigenvalue weighted by atomic mass is 10.1. The Kier molecular flexibility index (Phi) is 3.15. The number of nitrogen functional groups attached to an aromatic ring is 1. The molecule has 0 aliphatic rings. The SMILES string of the molecule is Cc1cc(Oc2cnc(N)cn2)cc(C)c1Cl. The van der Waals surface area contributed by atoms with Gasteiger partial charge in [-0.25, -0.2) is 9.97 Å². The van der Waals surface area contributed by atoms with Gasteiger partial charge in [0.15, 0.2) is 0 Å². The first kappa shape index (κ1) is 11.7. The number of hydrogen-bond donors (Lipinski definition) is 1. The second-order valence-corrected chi connectivity index (χ2v) is 4.13. The van der Waals surface area contributed by atoms with Crippen LogP contribution in [0.25, 0.3) is 0 Å². The summed E-state index contributed by atoms with van der Waals surface area (Å²) >= 11 is 6.07. The molecule has 0 aliphatic heterocycles. The van der Waals surface area contributed by atoms with Crippen molar-refractivity contribution in [1.29, 1.82) is 0 Å². The number of aromatic nitrogens is 2. The molecular weight excluding hydrogens is 238 g/mol. The molecule has 0 radical (unpaired) electrons. The summed E-state index contributed by atoms with van der Waals surface area (Å²) in [5.41, 5.74) is 7.37. The predicted molar refractivity (Wildman–Crippen MR) is 67.4 cm³/mol. The first-order chi connectivity index (χ1) is 8.06. The first-order valence-electron chi connectivity index (χ1n) is 5.08. The Balaban J connectivity index is 2.27. The van der Waals surface area contributed by atoms with Crippen LogP contribution < -0.4 is 10.5 Å². The Bertz CT molecular complexity index is 517. The number of aryl methyl sites for hydroxylation is 2. The van der Waals surface area contributed by atoms with Crippen molar-refractivity contribution in [2.75, 3.05) is 5.73 Å². The molecule has 5 heteroatoms. The second-order valence-electron chi connectivity index (χ2n) is 3.75. The molecule has 0 fully saturated rings. The van der Waals surface area contributed by atoms with Crippen LogP contribution in [-0.2, 0) is 0 Å². The van der Waals surface area contributed by atoms with Crippen molar-refractivity contribution in [1.82, 2.24) is 9.97 Å². The van der Waals surface area contributed by atoms with Crippen molar-refractivity contribution >= 4 is 17.4 Å². The van der Waals surface area contributed by atoms with Gasteiger partial charge in [0.05, 0.1) is 12.4 Å². The summed E-state index contributed by atoms with van der Waals surface area (Å²) in [6.07, 6.45) is 2.93. The summed E-state index contributed by atoms with van der Waals surface area (Å²) in [6, 6.07) is 3.71. The zero-order valence-corrected chi connectivity index (χ0v) is 10.3. The van der Waals surface area contributed by atoms with Gasteiger partial charge in [0.1, 0.15) is 11.6 Å². The molecule has 2 rings (SSSR count). The van der Waals surface area contributed by atoms with Gasteiger partial charge in [0, 0.05) is 5.02 Å². The molecule has 88 valence electrons. The van der Waals surface area contributed by atoms with Crippen molar-refractivity contribution in [3.63, 3.8) is 0 Å². The number of nitrogens with two attached hydrogens (primary N) is 1. The number of benzene rings is 1. The van der Waals surface area contributed by atoms with E-state index in [1.807, 2.05) is 26.0 Å². The van der Waals surface area contributed by atoms with Crippen molar-refractivity contribution in [2.45, 2.75) is 13.8 Å². The summed E-state index contributed by atoms with van der Waals surface area (Å²) < 4.78 is 5.56. The fraction of sp³-hybridized carbons (Fsp3) is 0.167. The fourth-order valence-electron chi connectivity index (χ4n) is 1.46. The number of anilines is 1. The standard InChI is InChI=1S/C12H12ClN3O/c1-7-3-9(4-8(2)12(7)13)17-11-6-15-10(14)5-16-11/h3-6H,1-2H3,(H2,14,15). The van der Waals surface area contributed by atoms with Crippen LogP contribution in [0.5, 0.6) is 11.6 Å². The molecule has 0 unspecified atom stereocenters. The van der Waals surface area contributed by atoms with E-state index in [2.05, 4.69) is 9.97 Å². The van der Waals surface area contributed by atoms with Crippen LogP contribution in [0.4, 0.5) is 5.82 Å². The Hall–Kier alpha value is -1.81. The van der Waals surface area contributed by atoms with Crippen molar-refractivity contribution < 1.29 is 4.74 Å². The minimum atomic E-state index is 0.362. The van der Waals surface area contributed by atoms with E-state index in [9.17, 15) is 0 Å². The Labute approximate surface area is 104 Å². The summed E-state index contributed by atoms with van der Waals surface area (Å²) in [5, 5.41) is 0.751. The van der Waals surface area contributed by atoms with E-state index in [1.165, 1.54) is 12.4 Å². The highest BCUT2D eigenvalue weighted by atomic mass is 35.5.